The Kier molecular flexibility index (Phi) is 6.62. The van der Waals surface area contributed by atoms with Crippen LogP contribution in [0.1, 0.15) is 49.7 Å². The molecule has 2 atom stereocenters. The van der Waals surface area contributed by atoms with Gasteiger partial charge in [0, 0.05) is 41.8 Å². The van der Waals surface area contributed by atoms with Crippen LogP contribution in [0.2, 0.25) is 5.02 Å². The monoisotopic (exact) mass is 461 g/mol. The summed E-state index contributed by atoms with van der Waals surface area (Å²) in [4.78, 5) is 2.78. The van der Waals surface area contributed by atoms with E-state index in [1.165, 1.54) is 37.7 Å². The van der Waals surface area contributed by atoms with Crippen molar-refractivity contribution in [3.05, 3.63) is 64.8 Å². The first-order chi connectivity index (χ1) is 16.2. The molecule has 2 aromatic carbocycles. The Bertz CT molecular complexity index is 1130. The molecule has 2 saturated heterocycles. The first kappa shape index (κ1) is 22.3. The number of ether oxygens (including phenoxy) is 1. The molecule has 4 nitrogen and oxygen atoms in total. The van der Waals surface area contributed by atoms with E-state index in [2.05, 4.69) is 27.7 Å². The summed E-state index contributed by atoms with van der Waals surface area (Å²) < 4.78 is 7.81. The van der Waals surface area contributed by atoms with E-state index in [9.17, 15) is 5.26 Å². The molecular weight excluding hydrogens is 430 g/mol. The minimum Gasteiger partial charge on any atom is -0.495 e. The molecule has 2 aliphatic heterocycles. The zero-order chi connectivity index (χ0) is 22.8. The smallest absolute Gasteiger partial charge is 0.143 e. The lowest BCUT2D eigenvalue weighted by Crippen LogP contribution is -2.43. The SMILES string of the molecule is COc1cccc2c(C#N)cn(CCCN3C4CCC3CC(CCc3ccc(Cl)cc3)C4)c12. The third-order valence-electron chi connectivity index (χ3n) is 7.75. The van der Waals surface area contributed by atoms with E-state index in [0.29, 0.717) is 0 Å². The maximum Gasteiger partial charge on any atom is 0.143 e. The van der Waals surface area contributed by atoms with Gasteiger partial charge in [0.05, 0.1) is 18.2 Å². The summed E-state index contributed by atoms with van der Waals surface area (Å²) >= 11 is 6.03. The van der Waals surface area contributed by atoms with Crippen molar-refractivity contribution in [2.24, 2.45) is 5.92 Å². The van der Waals surface area contributed by atoms with Gasteiger partial charge in [0.1, 0.15) is 11.8 Å². The molecule has 172 valence electrons. The lowest BCUT2D eigenvalue weighted by atomic mass is 9.86. The normalized spacial score (nSPS) is 22.5. The Morgan fingerprint density at radius 1 is 1.06 bits per heavy atom. The van der Waals surface area contributed by atoms with E-state index in [-0.39, 0.29) is 0 Å². The molecule has 0 saturated carbocycles. The van der Waals surface area contributed by atoms with Crippen LogP contribution in [0.3, 0.4) is 0 Å². The second-order valence-corrected chi connectivity index (χ2v) is 10.1. The van der Waals surface area contributed by atoms with Crippen LogP contribution in [0.5, 0.6) is 5.75 Å². The molecule has 5 heteroatoms. The van der Waals surface area contributed by atoms with Gasteiger partial charge < -0.3 is 9.30 Å². The van der Waals surface area contributed by atoms with Crippen LogP contribution in [0.4, 0.5) is 0 Å². The number of hydrogen-bond acceptors (Lipinski definition) is 3. The molecule has 2 aliphatic rings. The van der Waals surface area contributed by atoms with E-state index in [1.54, 1.807) is 7.11 Å². The zero-order valence-electron chi connectivity index (χ0n) is 19.3. The molecule has 0 aliphatic carbocycles. The molecule has 2 fully saturated rings. The van der Waals surface area contributed by atoms with Gasteiger partial charge in [0.2, 0.25) is 0 Å². The van der Waals surface area contributed by atoms with Gasteiger partial charge in [-0.05, 0) is 74.6 Å². The van der Waals surface area contributed by atoms with Crippen molar-refractivity contribution in [3.63, 3.8) is 0 Å². The van der Waals surface area contributed by atoms with Gasteiger partial charge >= 0.3 is 0 Å². The number of para-hydroxylation sites is 1. The third-order valence-corrected chi connectivity index (χ3v) is 8.01. The van der Waals surface area contributed by atoms with Gasteiger partial charge in [-0.15, -0.1) is 0 Å². The predicted molar refractivity (Wildman–Crippen MR) is 134 cm³/mol. The summed E-state index contributed by atoms with van der Waals surface area (Å²) in [6, 6.07) is 18.1. The number of nitrogens with zero attached hydrogens (tertiary/aromatic N) is 3. The first-order valence-corrected chi connectivity index (χ1v) is 12.6. The first-order valence-electron chi connectivity index (χ1n) is 12.2. The number of benzene rings is 2. The predicted octanol–water partition coefficient (Wildman–Crippen LogP) is 6.44. The summed E-state index contributed by atoms with van der Waals surface area (Å²) in [5.74, 6) is 1.68. The number of fused-ring (bicyclic) bond motifs is 3. The summed E-state index contributed by atoms with van der Waals surface area (Å²) in [5, 5.41) is 11.4. The largest absolute Gasteiger partial charge is 0.495 e. The lowest BCUT2D eigenvalue weighted by molar-refractivity contribution is 0.0978. The Labute approximate surface area is 201 Å². The van der Waals surface area contributed by atoms with Gasteiger partial charge in [-0.3, -0.25) is 4.90 Å². The van der Waals surface area contributed by atoms with Crippen LogP contribution in [0.15, 0.2) is 48.7 Å². The maximum absolute atomic E-state index is 9.55. The Morgan fingerprint density at radius 2 is 1.82 bits per heavy atom. The van der Waals surface area contributed by atoms with Crippen molar-refractivity contribution in [1.82, 2.24) is 9.47 Å². The van der Waals surface area contributed by atoms with E-state index >= 15 is 0 Å². The molecule has 33 heavy (non-hydrogen) atoms. The van der Waals surface area contributed by atoms with Crippen molar-refractivity contribution in [1.29, 1.82) is 5.26 Å². The second kappa shape index (κ2) is 9.79. The molecule has 0 spiro atoms. The van der Waals surface area contributed by atoms with Gasteiger partial charge in [-0.1, -0.05) is 35.9 Å². The van der Waals surface area contributed by atoms with Crippen LogP contribution < -0.4 is 4.74 Å². The van der Waals surface area contributed by atoms with Crippen molar-refractivity contribution in [2.75, 3.05) is 13.7 Å². The molecular formula is C28H32ClN3O. The average molecular weight is 462 g/mol. The van der Waals surface area contributed by atoms with Crippen molar-refractivity contribution in [2.45, 2.75) is 63.6 Å². The highest BCUT2D eigenvalue weighted by Crippen LogP contribution is 2.40. The van der Waals surface area contributed by atoms with Crippen LogP contribution in [-0.4, -0.2) is 35.2 Å². The number of piperidine rings is 1. The summed E-state index contributed by atoms with van der Waals surface area (Å²) in [7, 11) is 1.70. The summed E-state index contributed by atoms with van der Waals surface area (Å²) in [6.07, 6.45) is 10.9. The van der Waals surface area contributed by atoms with E-state index in [1.807, 2.05) is 36.5 Å². The molecule has 2 unspecified atom stereocenters. The standard InChI is InChI=1S/C28H32ClN3O/c1-33-27-5-2-4-26-22(18-30)19-31(28(26)27)14-3-15-32-24-12-13-25(32)17-21(16-24)7-6-20-8-10-23(29)11-9-20/h2,4-5,8-11,19,21,24-25H,3,6-7,12-17H2,1H3. The van der Waals surface area contributed by atoms with Crippen LogP contribution in [0, 0.1) is 17.2 Å². The zero-order valence-corrected chi connectivity index (χ0v) is 20.1. The van der Waals surface area contributed by atoms with Crippen molar-refractivity contribution >= 4 is 22.5 Å². The minimum atomic E-state index is 0.727. The molecule has 0 amide bonds. The molecule has 3 aromatic rings. The van der Waals surface area contributed by atoms with E-state index < -0.39 is 0 Å². The Morgan fingerprint density at radius 3 is 2.52 bits per heavy atom. The van der Waals surface area contributed by atoms with Crippen LogP contribution in [-0.2, 0) is 13.0 Å². The lowest BCUT2D eigenvalue weighted by Gasteiger charge is -2.39. The molecule has 0 radical (unpaired) electrons. The quantitative estimate of drug-likeness (QED) is 0.387. The van der Waals surface area contributed by atoms with Crippen LogP contribution in [0.25, 0.3) is 10.9 Å². The number of rotatable bonds is 8. The van der Waals surface area contributed by atoms with E-state index in [4.69, 9.17) is 16.3 Å². The Balaban J connectivity index is 1.18. The number of halogens is 1. The topological polar surface area (TPSA) is 41.2 Å². The molecule has 2 bridgehead atoms. The average Bonchev–Trinajstić information content (AvgIpc) is 3.31. The molecule has 5 rings (SSSR count). The number of methoxy groups -OCH3 is 1. The van der Waals surface area contributed by atoms with Gasteiger partial charge in [-0.2, -0.15) is 5.26 Å². The van der Waals surface area contributed by atoms with Crippen LogP contribution >= 0.6 is 11.6 Å². The fraction of sp³-hybridized carbons (Fsp3) is 0.464. The molecule has 3 heterocycles. The minimum absolute atomic E-state index is 0.727. The summed E-state index contributed by atoms with van der Waals surface area (Å²) in [6.45, 7) is 2.05. The maximum atomic E-state index is 9.55. The van der Waals surface area contributed by atoms with E-state index in [0.717, 1.165) is 71.2 Å². The number of hydrogen-bond donors (Lipinski definition) is 0. The number of aryl methyl sites for hydroxylation is 2. The highest BCUT2D eigenvalue weighted by molar-refractivity contribution is 6.30. The van der Waals surface area contributed by atoms with Crippen molar-refractivity contribution < 1.29 is 4.74 Å². The van der Waals surface area contributed by atoms with Gasteiger partial charge in [0.15, 0.2) is 0 Å². The fourth-order valence-electron chi connectivity index (χ4n) is 6.19. The van der Waals surface area contributed by atoms with Crippen molar-refractivity contribution in [3.8, 4) is 11.8 Å². The third kappa shape index (κ3) is 4.63. The van der Waals surface area contributed by atoms with Gasteiger partial charge in [0.25, 0.3) is 0 Å². The van der Waals surface area contributed by atoms with Gasteiger partial charge in [-0.25, -0.2) is 0 Å². The highest BCUT2D eigenvalue weighted by atomic mass is 35.5. The fourth-order valence-corrected chi connectivity index (χ4v) is 6.32. The highest BCUT2D eigenvalue weighted by Gasteiger charge is 2.39. The second-order valence-electron chi connectivity index (χ2n) is 9.68. The summed E-state index contributed by atoms with van der Waals surface area (Å²) in [5.41, 5.74) is 3.17. The number of aromatic nitrogens is 1. The molecule has 1 aromatic heterocycles. The Hall–Kier alpha value is -2.48. The molecule has 0 N–H and O–H groups in total. The number of nitriles is 1.